The lowest BCUT2D eigenvalue weighted by atomic mass is 9.87. The average molecular weight is 349 g/mol. The Morgan fingerprint density at radius 2 is 1.92 bits per heavy atom. The first kappa shape index (κ1) is 18.2. The van der Waals surface area contributed by atoms with Gasteiger partial charge in [-0.2, -0.15) is 0 Å². The summed E-state index contributed by atoms with van der Waals surface area (Å²) in [5.74, 6) is 1.29. The Kier molecular flexibility index (Phi) is 5.71. The van der Waals surface area contributed by atoms with Gasteiger partial charge in [-0.3, -0.25) is 4.79 Å². The fourth-order valence-corrected chi connectivity index (χ4v) is 3.37. The van der Waals surface area contributed by atoms with Crippen molar-refractivity contribution in [1.82, 2.24) is 14.7 Å². The Labute approximate surface area is 155 Å². The van der Waals surface area contributed by atoms with Crippen LogP contribution in [0.1, 0.15) is 43.1 Å². The summed E-state index contributed by atoms with van der Waals surface area (Å²) in [5, 5.41) is 3.11. The molecule has 2 heterocycles. The molecule has 1 N–H and O–H groups in total. The van der Waals surface area contributed by atoms with Crippen molar-refractivity contribution in [3.63, 3.8) is 0 Å². The van der Waals surface area contributed by atoms with Crippen LogP contribution in [0.3, 0.4) is 0 Å². The van der Waals surface area contributed by atoms with Crippen molar-refractivity contribution in [1.29, 1.82) is 0 Å². The van der Waals surface area contributed by atoms with E-state index in [1.807, 2.05) is 30.6 Å². The lowest BCUT2D eigenvalue weighted by molar-refractivity contribution is -0.123. The summed E-state index contributed by atoms with van der Waals surface area (Å²) in [4.78, 5) is 17.2. The van der Waals surface area contributed by atoms with E-state index in [4.69, 9.17) is 0 Å². The van der Waals surface area contributed by atoms with Crippen LogP contribution in [0.2, 0.25) is 0 Å². The highest BCUT2D eigenvalue weighted by atomic mass is 16.1. The smallest absolute Gasteiger partial charge is 0.227 e. The number of carbonyl (C=O) groups excluding carboxylic acids is 1. The van der Waals surface area contributed by atoms with Gasteiger partial charge in [0.15, 0.2) is 0 Å². The third-order valence-electron chi connectivity index (χ3n) is 4.78. The van der Waals surface area contributed by atoms with Crippen molar-refractivity contribution >= 4 is 11.4 Å². The summed E-state index contributed by atoms with van der Waals surface area (Å²) in [6, 6.07) is 14.3. The highest BCUT2D eigenvalue weighted by Gasteiger charge is 2.23. The fourth-order valence-electron chi connectivity index (χ4n) is 3.37. The molecule has 1 atom stereocenters. The van der Waals surface area contributed by atoms with E-state index in [1.165, 1.54) is 5.56 Å². The van der Waals surface area contributed by atoms with E-state index in [9.17, 15) is 4.79 Å². The third-order valence-corrected chi connectivity index (χ3v) is 4.78. The number of benzene rings is 1. The SMILES string of the molecule is Cc1ccc(C(C(=O)NCCCc2ncc3ccccn23)C(C)C)cc1. The first-order valence-corrected chi connectivity index (χ1v) is 9.31. The molecule has 0 aliphatic rings. The second-order valence-electron chi connectivity index (χ2n) is 7.20. The second kappa shape index (κ2) is 8.17. The molecule has 136 valence electrons. The number of aromatic nitrogens is 2. The molecule has 0 fully saturated rings. The summed E-state index contributed by atoms with van der Waals surface area (Å²) in [6.07, 6.45) is 5.64. The maximum absolute atomic E-state index is 12.7. The van der Waals surface area contributed by atoms with Crippen LogP contribution in [0.4, 0.5) is 0 Å². The zero-order valence-electron chi connectivity index (χ0n) is 15.8. The fraction of sp³-hybridized carbons (Fsp3) is 0.364. The number of fused-ring (bicyclic) bond motifs is 1. The molecule has 1 unspecified atom stereocenters. The molecule has 2 aromatic heterocycles. The van der Waals surface area contributed by atoms with E-state index < -0.39 is 0 Å². The van der Waals surface area contributed by atoms with Gasteiger partial charge in [-0.25, -0.2) is 4.98 Å². The van der Waals surface area contributed by atoms with Gasteiger partial charge in [0.25, 0.3) is 0 Å². The van der Waals surface area contributed by atoms with E-state index in [1.54, 1.807) is 0 Å². The molecular formula is C22H27N3O. The van der Waals surface area contributed by atoms with Gasteiger partial charge < -0.3 is 9.72 Å². The molecule has 26 heavy (non-hydrogen) atoms. The van der Waals surface area contributed by atoms with Gasteiger partial charge in [0, 0.05) is 19.2 Å². The van der Waals surface area contributed by atoms with Crippen molar-refractivity contribution in [3.05, 3.63) is 71.8 Å². The highest BCUT2D eigenvalue weighted by molar-refractivity contribution is 5.83. The lowest BCUT2D eigenvalue weighted by Crippen LogP contribution is -2.33. The number of imidazole rings is 1. The molecule has 3 rings (SSSR count). The van der Waals surface area contributed by atoms with Crippen LogP contribution in [0.15, 0.2) is 54.9 Å². The van der Waals surface area contributed by atoms with Gasteiger partial charge >= 0.3 is 0 Å². The molecule has 4 heteroatoms. The van der Waals surface area contributed by atoms with E-state index in [0.29, 0.717) is 6.54 Å². The monoisotopic (exact) mass is 349 g/mol. The van der Waals surface area contributed by atoms with Crippen molar-refractivity contribution < 1.29 is 4.79 Å². The van der Waals surface area contributed by atoms with Gasteiger partial charge in [-0.1, -0.05) is 49.7 Å². The molecule has 4 nitrogen and oxygen atoms in total. The maximum Gasteiger partial charge on any atom is 0.227 e. The van der Waals surface area contributed by atoms with Crippen molar-refractivity contribution in [2.24, 2.45) is 5.92 Å². The summed E-state index contributed by atoms with van der Waals surface area (Å²) in [7, 11) is 0. The Balaban J connectivity index is 1.56. The summed E-state index contributed by atoms with van der Waals surface area (Å²) < 4.78 is 2.10. The average Bonchev–Trinajstić information content (AvgIpc) is 3.03. The Hall–Kier alpha value is -2.62. The molecule has 3 aromatic rings. The molecule has 0 aliphatic carbocycles. The second-order valence-corrected chi connectivity index (χ2v) is 7.20. The van der Waals surface area contributed by atoms with Crippen molar-refractivity contribution in [2.45, 2.75) is 39.5 Å². The standard InChI is InChI=1S/C22H27N3O/c1-16(2)21(18-11-9-17(3)10-12-18)22(26)23-13-6-8-20-24-15-19-7-4-5-14-25(19)20/h4-5,7,9-12,14-16,21H,6,8,13H2,1-3H3,(H,23,26). The van der Waals surface area contributed by atoms with Crippen molar-refractivity contribution in [2.75, 3.05) is 6.54 Å². The number of carbonyl (C=O) groups is 1. The molecule has 1 aromatic carbocycles. The molecule has 0 bridgehead atoms. The summed E-state index contributed by atoms with van der Waals surface area (Å²) in [6.45, 7) is 6.92. The van der Waals surface area contributed by atoms with Crippen molar-refractivity contribution in [3.8, 4) is 0 Å². The summed E-state index contributed by atoms with van der Waals surface area (Å²) in [5.41, 5.74) is 3.40. The minimum absolute atomic E-state index is 0.108. The minimum Gasteiger partial charge on any atom is -0.356 e. The zero-order chi connectivity index (χ0) is 18.5. The van der Waals surface area contributed by atoms with Crippen LogP contribution in [-0.2, 0) is 11.2 Å². The van der Waals surface area contributed by atoms with E-state index in [2.05, 4.69) is 59.7 Å². The Morgan fingerprint density at radius 3 is 2.65 bits per heavy atom. The van der Waals surface area contributed by atoms with Gasteiger partial charge in [0.2, 0.25) is 5.91 Å². The van der Waals surface area contributed by atoms with Gasteiger partial charge in [-0.05, 0) is 37.0 Å². The molecule has 0 saturated carbocycles. The number of nitrogens with zero attached hydrogens (tertiary/aromatic N) is 2. The molecule has 0 aliphatic heterocycles. The van der Waals surface area contributed by atoms with E-state index in [-0.39, 0.29) is 17.7 Å². The number of hydrogen-bond donors (Lipinski definition) is 1. The quantitative estimate of drug-likeness (QED) is 0.652. The molecular weight excluding hydrogens is 322 g/mol. The van der Waals surface area contributed by atoms with E-state index >= 15 is 0 Å². The first-order chi connectivity index (χ1) is 12.6. The number of aryl methyl sites for hydroxylation is 2. The van der Waals surface area contributed by atoms with Gasteiger partial charge in [0.05, 0.1) is 17.6 Å². The minimum atomic E-state index is -0.108. The molecule has 0 radical (unpaired) electrons. The number of rotatable bonds is 7. The van der Waals surface area contributed by atoms with Crippen LogP contribution >= 0.6 is 0 Å². The summed E-state index contributed by atoms with van der Waals surface area (Å²) >= 11 is 0. The maximum atomic E-state index is 12.7. The topological polar surface area (TPSA) is 46.4 Å². The molecule has 0 spiro atoms. The van der Waals surface area contributed by atoms with Crippen LogP contribution in [0, 0.1) is 12.8 Å². The predicted octanol–water partition coefficient (Wildman–Crippen LogP) is 4.13. The highest BCUT2D eigenvalue weighted by Crippen LogP contribution is 2.25. The van der Waals surface area contributed by atoms with Gasteiger partial charge in [-0.15, -0.1) is 0 Å². The normalized spacial score (nSPS) is 12.5. The van der Waals surface area contributed by atoms with Crippen LogP contribution in [-0.4, -0.2) is 21.8 Å². The number of nitrogens with one attached hydrogen (secondary N) is 1. The van der Waals surface area contributed by atoms with Crippen LogP contribution in [0.5, 0.6) is 0 Å². The largest absolute Gasteiger partial charge is 0.356 e. The zero-order valence-corrected chi connectivity index (χ0v) is 15.8. The molecule has 0 saturated heterocycles. The van der Waals surface area contributed by atoms with E-state index in [0.717, 1.165) is 29.7 Å². The number of pyridine rings is 1. The Bertz CT molecular complexity index is 864. The third kappa shape index (κ3) is 4.13. The number of amides is 1. The first-order valence-electron chi connectivity index (χ1n) is 9.31. The number of hydrogen-bond acceptors (Lipinski definition) is 2. The molecule has 1 amide bonds. The van der Waals surface area contributed by atoms with Gasteiger partial charge in [0.1, 0.15) is 5.82 Å². The lowest BCUT2D eigenvalue weighted by Gasteiger charge is -2.21. The van der Waals surface area contributed by atoms with Crippen LogP contribution in [0.25, 0.3) is 5.52 Å². The Morgan fingerprint density at radius 1 is 1.15 bits per heavy atom. The predicted molar refractivity (Wildman–Crippen MR) is 105 cm³/mol. The van der Waals surface area contributed by atoms with Crippen LogP contribution < -0.4 is 5.32 Å².